The van der Waals surface area contributed by atoms with Crippen LogP contribution in [0.25, 0.3) is 0 Å². The van der Waals surface area contributed by atoms with Crippen molar-refractivity contribution < 1.29 is 14.7 Å². The van der Waals surface area contributed by atoms with Gasteiger partial charge in [-0.25, -0.2) is 0 Å². The molecule has 0 heterocycles. The van der Waals surface area contributed by atoms with Crippen molar-refractivity contribution in [3.63, 3.8) is 0 Å². The van der Waals surface area contributed by atoms with Crippen LogP contribution in [0.15, 0.2) is 24.3 Å². The maximum absolute atomic E-state index is 11.9. The van der Waals surface area contributed by atoms with E-state index in [1.807, 2.05) is 12.1 Å². The van der Waals surface area contributed by atoms with Gasteiger partial charge in [-0.15, -0.1) is 0 Å². The highest BCUT2D eigenvalue weighted by molar-refractivity contribution is 5.79. The summed E-state index contributed by atoms with van der Waals surface area (Å²) in [4.78, 5) is 22.7. The molecule has 1 fully saturated rings. The first kappa shape index (κ1) is 13.4. The number of rotatable bonds is 4. The van der Waals surface area contributed by atoms with Crippen molar-refractivity contribution in [2.75, 3.05) is 5.73 Å². The summed E-state index contributed by atoms with van der Waals surface area (Å²) in [6.45, 7) is 0. The number of nitrogens with two attached hydrogens (primary N) is 1. The number of carbonyl (C=O) groups excluding carboxylic acids is 1. The first-order chi connectivity index (χ1) is 9.04. The lowest BCUT2D eigenvalue weighted by Crippen LogP contribution is -2.34. The molecule has 5 heteroatoms. The van der Waals surface area contributed by atoms with E-state index in [0.717, 1.165) is 12.0 Å². The van der Waals surface area contributed by atoms with Gasteiger partial charge in [0, 0.05) is 11.7 Å². The van der Waals surface area contributed by atoms with Gasteiger partial charge in [0.05, 0.1) is 12.3 Å². The lowest BCUT2D eigenvalue weighted by atomic mass is 10.1. The minimum atomic E-state index is -0.771. The number of nitrogen functional groups attached to an aromatic ring is 1. The molecule has 1 aromatic rings. The summed E-state index contributed by atoms with van der Waals surface area (Å²) in [5.41, 5.74) is 7.15. The lowest BCUT2D eigenvalue weighted by Gasteiger charge is -2.12. The molecule has 0 aromatic heterocycles. The standard InChI is InChI=1S/C14H18N2O3/c15-11-3-1-2-9(6-11)7-13(17)16-12-5-4-10(8-12)14(18)19/h1-3,6,10,12H,4-5,7-8,15H2,(H,16,17)(H,18,19)/t10-,12+/m1/s1. The van der Waals surface area contributed by atoms with Crippen molar-refractivity contribution in [1.29, 1.82) is 0 Å². The van der Waals surface area contributed by atoms with Crippen LogP contribution in [0.4, 0.5) is 5.69 Å². The van der Waals surface area contributed by atoms with E-state index in [2.05, 4.69) is 5.32 Å². The molecule has 4 N–H and O–H groups in total. The Bertz CT molecular complexity index is 487. The second kappa shape index (κ2) is 5.73. The Labute approximate surface area is 111 Å². The third-order valence-corrected chi connectivity index (χ3v) is 3.46. The second-order valence-corrected chi connectivity index (χ2v) is 5.03. The number of carbonyl (C=O) groups is 2. The number of hydrogen-bond acceptors (Lipinski definition) is 3. The smallest absolute Gasteiger partial charge is 0.306 e. The van der Waals surface area contributed by atoms with Gasteiger partial charge in [-0.3, -0.25) is 9.59 Å². The SMILES string of the molecule is Nc1cccc(CC(=O)N[C@H]2CC[C@@H](C(=O)O)C2)c1. The number of carboxylic acids is 1. The molecule has 1 saturated carbocycles. The number of amides is 1. The van der Waals surface area contributed by atoms with Crippen molar-refractivity contribution in [2.45, 2.75) is 31.7 Å². The molecule has 2 atom stereocenters. The van der Waals surface area contributed by atoms with Gasteiger partial charge >= 0.3 is 5.97 Å². The van der Waals surface area contributed by atoms with Crippen LogP contribution >= 0.6 is 0 Å². The lowest BCUT2D eigenvalue weighted by molar-refractivity contribution is -0.141. The molecule has 19 heavy (non-hydrogen) atoms. The molecule has 0 unspecified atom stereocenters. The largest absolute Gasteiger partial charge is 0.481 e. The molecule has 1 amide bonds. The molecule has 1 aliphatic carbocycles. The van der Waals surface area contributed by atoms with E-state index in [4.69, 9.17) is 10.8 Å². The van der Waals surface area contributed by atoms with E-state index in [1.54, 1.807) is 12.1 Å². The molecule has 5 nitrogen and oxygen atoms in total. The van der Waals surface area contributed by atoms with E-state index in [-0.39, 0.29) is 24.3 Å². The summed E-state index contributed by atoms with van der Waals surface area (Å²) in [5, 5.41) is 11.8. The molecule has 102 valence electrons. The Morgan fingerprint density at radius 2 is 2.16 bits per heavy atom. The summed E-state index contributed by atoms with van der Waals surface area (Å²) < 4.78 is 0. The quantitative estimate of drug-likeness (QED) is 0.710. The van der Waals surface area contributed by atoms with Crippen LogP contribution in [0.2, 0.25) is 0 Å². The number of carboxylic acid groups (broad SMARTS) is 1. The predicted molar refractivity (Wildman–Crippen MR) is 71.5 cm³/mol. The third kappa shape index (κ3) is 3.71. The third-order valence-electron chi connectivity index (χ3n) is 3.46. The van der Waals surface area contributed by atoms with Crippen molar-refractivity contribution in [2.24, 2.45) is 5.92 Å². The van der Waals surface area contributed by atoms with Gasteiger partial charge < -0.3 is 16.2 Å². The van der Waals surface area contributed by atoms with E-state index in [1.165, 1.54) is 0 Å². The predicted octanol–water partition coefficient (Wildman–Crippen LogP) is 1.18. The maximum Gasteiger partial charge on any atom is 0.306 e. The topological polar surface area (TPSA) is 92.4 Å². The van der Waals surface area contributed by atoms with Crippen molar-refractivity contribution in [3.8, 4) is 0 Å². The molecule has 0 radical (unpaired) electrons. The van der Waals surface area contributed by atoms with Gasteiger partial charge in [-0.2, -0.15) is 0 Å². The number of aliphatic carboxylic acids is 1. The molecule has 0 bridgehead atoms. The van der Waals surface area contributed by atoms with Gasteiger partial charge in [0.1, 0.15) is 0 Å². The Morgan fingerprint density at radius 3 is 2.79 bits per heavy atom. The summed E-state index contributed by atoms with van der Waals surface area (Å²) >= 11 is 0. The fraction of sp³-hybridized carbons (Fsp3) is 0.429. The van der Waals surface area contributed by atoms with Crippen LogP contribution in [-0.2, 0) is 16.0 Å². The molecule has 1 aromatic carbocycles. The molecular formula is C14H18N2O3. The summed E-state index contributed by atoms with van der Waals surface area (Å²) in [6.07, 6.45) is 2.18. The Morgan fingerprint density at radius 1 is 1.37 bits per heavy atom. The molecule has 1 aliphatic rings. The minimum absolute atomic E-state index is 0.0188. The molecule has 0 spiro atoms. The highest BCUT2D eigenvalue weighted by atomic mass is 16.4. The van der Waals surface area contributed by atoms with Crippen molar-refractivity contribution in [1.82, 2.24) is 5.32 Å². The van der Waals surface area contributed by atoms with E-state index in [9.17, 15) is 9.59 Å². The van der Waals surface area contributed by atoms with Crippen molar-refractivity contribution in [3.05, 3.63) is 29.8 Å². The van der Waals surface area contributed by atoms with E-state index in [0.29, 0.717) is 18.5 Å². The first-order valence-corrected chi connectivity index (χ1v) is 6.41. The van der Waals surface area contributed by atoms with Crippen LogP contribution < -0.4 is 11.1 Å². The van der Waals surface area contributed by atoms with Gasteiger partial charge in [-0.1, -0.05) is 12.1 Å². The van der Waals surface area contributed by atoms with Crippen LogP contribution in [0.1, 0.15) is 24.8 Å². The van der Waals surface area contributed by atoms with Crippen LogP contribution in [0.3, 0.4) is 0 Å². The fourth-order valence-electron chi connectivity index (χ4n) is 2.50. The van der Waals surface area contributed by atoms with E-state index >= 15 is 0 Å². The van der Waals surface area contributed by atoms with E-state index < -0.39 is 5.97 Å². The molecular weight excluding hydrogens is 244 g/mol. The zero-order chi connectivity index (χ0) is 13.8. The van der Waals surface area contributed by atoms with Crippen LogP contribution in [-0.4, -0.2) is 23.0 Å². The average molecular weight is 262 g/mol. The van der Waals surface area contributed by atoms with Crippen LogP contribution in [0, 0.1) is 5.92 Å². The fourth-order valence-corrected chi connectivity index (χ4v) is 2.50. The highest BCUT2D eigenvalue weighted by Gasteiger charge is 2.30. The Hall–Kier alpha value is -2.04. The number of hydrogen-bond donors (Lipinski definition) is 3. The molecule has 0 aliphatic heterocycles. The number of anilines is 1. The number of benzene rings is 1. The van der Waals surface area contributed by atoms with Crippen LogP contribution in [0.5, 0.6) is 0 Å². The van der Waals surface area contributed by atoms with Gasteiger partial charge in [0.15, 0.2) is 0 Å². The van der Waals surface area contributed by atoms with Gasteiger partial charge in [0.25, 0.3) is 0 Å². The molecule has 0 saturated heterocycles. The van der Waals surface area contributed by atoms with Gasteiger partial charge in [-0.05, 0) is 37.0 Å². The van der Waals surface area contributed by atoms with Gasteiger partial charge in [0.2, 0.25) is 5.91 Å². The summed E-state index contributed by atoms with van der Waals surface area (Å²) in [6, 6.07) is 7.19. The highest BCUT2D eigenvalue weighted by Crippen LogP contribution is 2.25. The monoisotopic (exact) mass is 262 g/mol. The Balaban J connectivity index is 1.84. The first-order valence-electron chi connectivity index (χ1n) is 6.41. The maximum atomic E-state index is 11.9. The molecule has 2 rings (SSSR count). The number of nitrogens with one attached hydrogen (secondary N) is 1. The summed E-state index contributed by atoms with van der Waals surface area (Å²) in [7, 11) is 0. The van der Waals surface area contributed by atoms with Crippen molar-refractivity contribution >= 4 is 17.6 Å². The minimum Gasteiger partial charge on any atom is -0.481 e. The normalized spacial score (nSPS) is 22.1. The zero-order valence-electron chi connectivity index (χ0n) is 10.6. The summed E-state index contributed by atoms with van der Waals surface area (Å²) in [5.74, 6) is -1.17. The Kier molecular flexibility index (Phi) is 4.04. The zero-order valence-corrected chi connectivity index (χ0v) is 10.6. The average Bonchev–Trinajstić information content (AvgIpc) is 2.77. The second-order valence-electron chi connectivity index (χ2n) is 5.03.